The third kappa shape index (κ3) is 4.52. The number of rotatable bonds is 6. The van der Waals surface area contributed by atoms with E-state index in [1.54, 1.807) is 7.11 Å². The molecule has 1 rings (SSSR count). The highest BCUT2D eigenvalue weighted by Crippen LogP contribution is 2.20. The summed E-state index contributed by atoms with van der Waals surface area (Å²) in [6.45, 7) is 14.6. The first-order valence-electron chi connectivity index (χ1n) is 7.43. The molecule has 108 valence electrons. The standard InChI is InChI=1S/C15H32N2O/c1-11(2)7-14-8-16-15(12(3)4)9-17(14)13(5)10-18-6/h11-16H,7-10H2,1-6H3. The molecule has 1 N–H and O–H groups in total. The van der Waals surface area contributed by atoms with Crippen LogP contribution in [0.5, 0.6) is 0 Å². The predicted molar refractivity (Wildman–Crippen MR) is 77.9 cm³/mol. The number of ether oxygens (including phenoxy) is 1. The fraction of sp³-hybridized carbons (Fsp3) is 1.00. The summed E-state index contributed by atoms with van der Waals surface area (Å²) in [7, 11) is 1.80. The van der Waals surface area contributed by atoms with Gasteiger partial charge in [0.05, 0.1) is 6.61 Å². The van der Waals surface area contributed by atoms with E-state index in [1.165, 1.54) is 6.42 Å². The molecule has 3 unspecified atom stereocenters. The Labute approximate surface area is 113 Å². The van der Waals surface area contributed by atoms with E-state index in [0.717, 1.165) is 25.6 Å². The van der Waals surface area contributed by atoms with E-state index in [9.17, 15) is 0 Å². The molecular formula is C15H32N2O. The number of nitrogens with one attached hydrogen (secondary N) is 1. The van der Waals surface area contributed by atoms with Crippen LogP contribution in [0.15, 0.2) is 0 Å². The number of hydrogen-bond donors (Lipinski definition) is 1. The third-order valence-corrected chi connectivity index (χ3v) is 4.01. The molecule has 0 amide bonds. The van der Waals surface area contributed by atoms with Gasteiger partial charge in [-0.25, -0.2) is 0 Å². The summed E-state index contributed by atoms with van der Waals surface area (Å²) < 4.78 is 5.34. The molecule has 3 atom stereocenters. The molecule has 0 radical (unpaired) electrons. The van der Waals surface area contributed by atoms with Crippen LogP contribution in [0.2, 0.25) is 0 Å². The molecule has 1 fully saturated rings. The van der Waals surface area contributed by atoms with Gasteiger partial charge in [-0.1, -0.05) is 27.7 Å². The molecule has 0 aromatic heterocycles. The summed E-state index contributed by atoms with van der Waals surface area (Å²) in [6.07, 6.45) is 1.27. The minimum atomic E-state index is 0.516. The molecule has 3 heteroatoms. The van der Waals surface area contributed by atoms with Gasteiger partial charge in [0.1, 0.15) is 0 Å². The second-order valence-electron chi connectivity index (χ2n) is 6.54. The van der Waals surface area contributed by atoms with Crippen molar-refractivity contribution in [2.24, 2.45) is 11.8 Å². The van der Waals surface area contributed by atoms with Gasteiger partial charge < -0.3 is 10.1 Å². The number of hydrogen-bond acceptors (Lipinski definition) is 3. The van der Waals surface area contributed by atoms with Gasteiger partial charge in [-0.05, 0) is 25.2 Å². The van der Waals surface area contributed by atoms with Crippen LogP contribution in [0, 0.1) is 11.8 Å². The molecule has 0 aromatic rings. The van der Waals surface area contributed by atoms with E-state index in [-0.39, 0.29) is 0 Å². The van der Waals surface area contributed by atoms with Crippen LogP contribution >= 0.6 is 0 Å². The van der Waals surface area contributed by atoms with Gasteiger partial charge in [0, 0.05) is 38.3 Å². The molecule has 1 aliphatic heterocycles. The summed E-state index contributed by atoms with van der Waals surface area (Å²) in [6, 6.07) is 1.79. The van der Waals surface area contributed by atoms with Crippen molar-refractivity contribution in [3.05, 3.63) is 0 Å². The topological polar surface area (TPSA) is 24.5 Å². The van der Waals surface area contributed by atoms with Gasteiger partial charge in [-0.3, -0.25) is 4.90 Å². The molecule has 1 aliphatic rings. The SMILES string of the molecule is COCC(C)N1CC(C(C)C)NCC1CC(C)C. The average molecular weight is 256 g/mol. The fourth-order valence-electron chi connectivity index (χ4n) is 2.93. The lowest BCUT2D eigenvalue weighted by Gasteiger charge is -2.45. The van der Waals surface area contributed by atoms with Gasteiger partial charge >= 0.3 is 0 Å². The zero-order valence-corrected chi connectivity index (χ0v) is 13.1. The van der Waals surface area contributed by atoms with E-state index in [4.69, 9.17) is 4.74 Å². The lowest BCUT2D eigenvalue weighted by atomic mass is 9.94. The molecule has 0 aromatic carbocycles. The monoisotopic (exact) mass is 256 g/mol. The molecule has 0 bridgehead atoms. The maximum Gasteiger partial charge on any atom is 0.0615 e. The quantitative estimate of drug-likeness (QED) is 0.789. The minimum Gasteiger partial charge on any atom is -0.383 e. The van der Waals surface area contributed by atoms with E-state index in [2.05, 4.69) is 44.8 Å². The van der Waals surface area contributed by atoms with Gasteiger partial charge in [0.2, 0.25) is 0 Å². The number of methoxy groups -OCH3 is 1. The third-order valence-electron chi connectivity index (χ3n) is 4.01. The summed E-state index contributed by atoms with van der Waals surface area (Å²) in [5, 5.41) is 3.72. The summed E-state index contributed by atoms with van der Waals surface area (Å²) in [5.41, 5.74) is 0. The maximum absolute atomic E-state index is 5.34. The lowest BCUT2D eigenvalue weighted by Crippen LogP contribution is -2.61. The Kier molecular flexibility index (Phi) is 6.61. The zero-order valence-electron chi connectivity index (χ0n) is 13.1. The molecule has 18 heavy (non-hydrogen) atoms. The van der Waals surface area contributed by atoms with Crippen molar-refractivity contribution in [3.63, 3.8) is 0 Å². The number of piperazine rings is 1. The van der Waals surface area contributed by atoms with Gasteiger partial charge in [-0.15, -0.1) is 0 Å². The zero-order chi connectivity index (χ0) is 13.7. The second kappa shape index (κ2) is 7.46. The largest absolute Gasteiger partial charge is 0.383 e. The molecule has 0 saturated carbocycles. The Morgan fingerprint density at radius 2 is 1.89 bits per heavy atom. The van der Waals surface area contributed by atoms with E-state index in [0.29, 0.717) is 24.0 Å². The Hall–Kier alpha value is -0.120. The van der Waals surface area contributed by atoms with Crippen molar-refractivity contribution in [2.45, 2.75) is 59.2 Å². The van der Waals surface area contributed by atoms with Crippen LogP contribution < -0.4 is 5.32 Å². The lowest BCUT2D eigenvalue weighted by molar-refractivity contribution is 0.0269. The smallest absolute Gasteiger partial charge is 0.0615 e. The van der Waals surface area contributed by atoms with Crippen LogP contribution in [0.3, 0.4) is 0 Å². The fourth-order valence-corrected chi connectivity index (χ4v) is 2.93. The predicted octanol–water partition coefficient (Wildman–Crippen LogP) is 2.37. The molecule has 1 heterocycles. The number of nitrogens with zero attached hydrogens (tertiary/aromatic N) is 1. The Morgan fingerprint density at radius 3 is 2.39 bits per heavy atom. The highest BCUT2D eigenvalue weighted by molar-refractivity contribution is 4.90. The van der Waals surface area contributed by atoms with Crippen molar-refractivity contribution >= 4 is 0 Å². The molecule has 1 saturated heterocycles. The molecule has 0 aliphatic carbocycles. The molecular weight excluding hydrogens is 224 g/mol. The van der Waals surface area contributed by atoms with Crippen molar-refractivity contribution in [2.75, 3.05) is 26.8 Å². The summed E-state index contributed by atoms with van der Waals surface area (Å²) >= 11 is 0. The van der Waals surface area contributed by atoms with Crippen molar-refractivity contribution in [1.82, 2.24) is 10.2 Å². The van der Waals surface area contributed by atoms with Crippen LogP contribution in [0.1, 0.15) is 41.0 Å². The van der Waals surface area contributed by atoms with E-state index >= 15 is 0 Å². The van der Waals surface area contributed by atoms with Crippen LogP contribution in [-0.2, 0) is 4.74 Å². The maximum atomic E-state index is 5.34. The van der Waals surface area contributed by atoms with Crippen molar-refractivity contribution in [3.8, 4) is 0 Å². The Morgan fingerprint density at radius 1 is 1.22 bits per heavy atom. The van der Waals surface area contributed by atoms with Crippen molar-refractivity contribution in [1.29, 1.82) is 0 Å². The second-order valence-corrected chi connectivity index (χ2v) is 6.54. The van der Waals surface area contributed by atoms with E-state index < -0.39 is 0 Å². The first-order chi connectivity index (χ1) is 8.45. The summed E-state index contributed by atoms with van der Waals surface area (Å²) in [5.74, 6) is 1.45. The van der Waals surface area contributed by atoms with Gasteiger partial charge in [0.25, 0.3) is 0 Å². The van der Waals surface area contributed by atoms with Crippen LogP contribution in [0.25, 0.3) is 0 Å². The highest BCUT2D eigenvalue weighted by atomic mass is 16.5. The van der Waals surface area contributed by atoms with E-state index in [1.807, 2.05) is 0 Å². The molecule has 0 spiro atoms. The Bertz CT molecular complexity index is 231. The van der Waals surface area contributed by atoms with Crippen LogP contribution in [-0.4, -0.2) is 49.8 Å². The average Bonchev–Trinajstić information content (AvgIpc) is 2.28. The summed E-state index contributed by atoms with van der Waals surface area (Å²) in [4.78, 5) is 2.66. The van der Waals surface area contributed by atoms with Gasteiger partial charge in [-0.2, -0.15) is 0 Å². The molecule has 3 nitrogen and oxygen atoms in total. The van der Waals surface area contributed by atoms with Crippen molar-refractivity contribution < 1.29 is 4.74 Å². The highest BCUT2D eigenvalue weighted by Gasteiger charge is 2.32. The minimum absolute atomic E-state index is 0.516. The van der Waals surface area contributed by atoms with Gasteiger partial charge in [0.15, 0.2) is 0 Å². The first-order valence-corrected chi connectivity index (χ1v) is 7.43. The van der Waals surface area contributed by atoms with Crippen LogP contribution in [0.4, 0.5) is 0 Å². The Balaban J connectivity index is 2.66. The first kappa shape index (κ1) is 15.9. The normalized spacial score (nSPS) is 28.0.